The highest BCUT2D eigenvalue weighted by Gasteiger charge is 2.08. The molecule has 0 saturated heterocycles. The van der Waals surface area contributed by atoms with Crippen molar-refractivity contribution in [2.45, 2.75) is 19.6 Å². The Kier molecular flexibility index (Phi) is 3.50. The third kappa shape index (κ3) is 2.83. The molecule has 3 aromatic rings. The molecule has 1 unspecified atom stereocenters. The molecule has 1 atom stereocenters. The van der Waals surface area contributed by atoms with E-state index in [1.807, 2.05) is 42.5 Å². The van der Waals surface area contributed by atoms with Gasteiger partial charge in [0.2, 0.25) is 0 Å². The minimum absolute atomic E-state index is 0.0282. The fourth-order valence-electron chi connectivity index (χ4n) is 2.41. The van der Waals surface area contributed by atoms with Gasteiger partial charge in [-0.25, -0.2) is 4.79 Å². The van der Waals surface area contributed by atoms with Gasteiger partial charge in [-0.3, -0.25) is 0 Å². The third-order valence-electron chi connectivity index (χ3n) is 3.53. The van der Waals surface area contributed by atoms with Crippen LogP contribution in [0.3, 0.4) is 0 Å². The van der Waals surface area contributed by atoms with Gasteiger partial charge in [0.05, 0.1) is 17.6 Å². The van der Waals surface area contributed by atoms with Crippen LogP contribution in [0, 0.1) is 0 Å². The molecule has 0 fully saturated rings. The highest BCUT2D eigenvalue weighted by molar-refractivity contribution is 5.75. The first-order valence-electron chi connectivity index (χ1n) is 6.84. The van der Waals surface area contributed by atoms with Crippen LogP contribution in [-0.4, -0.2) is 15.1 Å². The second-order valence-corrected chi connectivity index (χ2v) is 5.11. The summed E-state index contributed by atoms with van der Waals surface area (Å²) in [5, 5.41) is 12.6. The van der Waals surface area contributed by atoms with Crippen LogP contribution >= 0.6 is 0 Å². The number of hydrogen-bond donors (Lipinski definition) is 4. The monoisotopic (exact) mass is 283 g/mol. The van der Waals surface area contributed by atoms with Crippen molar-refractivity contribution in [3.05, 3.63) is 64.1 Å². The molecule has 0 amide bonds. The average Bonchev–Trinajstić information content (AvgIpc) is 2.86. The number of aliphatic hydroxyl groups excluding tert-OH is 1. The van der Waals surface area contributed by atoms with Gasteiger partial charge < -0.3 is 20.4 Å². The van der Waals surface area contributed by atoms with Crippen molar-refractivity contribution in [1.82, 2.24) is 9.97 Å². The number of rotatable bonds is 4. The van der Waals surface area contributed by atoms with Gasteiger partial charge >= 0.3 is 5.69 Å². The number of aliphatic hydroxyl groups is 1. The molecule has 3 rings (SSSR count). The fourth-order valence-corrected chi connectivity index (χ4v) is 2.41. The third-order valence-corrected chi connectivity index (χ3v) is 3.53. The summed E-state index contributed by atoms with van der Waals surface area (Å²) in [6.45, 7) is 2.08. The molecule has 108 valence electrons. The van der Waals surface area contributed by atoms with Crippen LogP contribution < -0.4 is 11.0 Å². The van der Waals surface area contributed by atoms with Gasteiger partial charge in [-0.1, -0.05) is 18.2 Å². The lowest BCUT2D eigenvalue weighted by Gasteiger charge is -2.16. The smallest absolute Gasteiger partial charge is 0.323 e. The first-order chi connectivity index (χ1) is 10.2. The molecular formula is C16H17N3O2. The lowest BCUT2D eigenvalue weighted by Crippen LogP contribution is -2.06. The fraction of sp³-hybridized carbons (Fsp3) is 0.188. The second-order valence-electron chi connectivity index (χ2n) is 5.11. The van der Waals surface area contributed by atoms with E-state index in [1.54, 1.807) is 0 Å². The van der Waals surface area contributed by atoms with E-state index < -0.39 is 0 Å². The molecule has 2 aromatic carbocycles. The Hall–Kier alpha value is -2.53. The maximum atomic E-state index is 11.3. The number of imidazole rings is 1. The zero-order chi connectivity index (χ0) is 14.8. The summed E-state index contributed by atoms with van der Waals surface area (Å²) in [6.07, 6.45) is 0. The molecule has 1 aromatic heterocycles. The number of anilines is 1. The summed E-state index contributed by atoms with van der Waals surface area (Å²) in [5.74, 6) is 0. The van der Waals surface area contributed by atoms with Crippen LogP contribution in [0.15, 0.2) is 47.3 Å². The van der Waals surface area contributed by atoms with Crippen LogP contribution in [0.1, 0.15) is 24.1 Å². The number of H-pyrrole nitrogens is 2. The van der Waals surface area contributed by atoms with Crippen LogP contribution in [-0.2, 0) is 6.61 Å². The molecule has 5 nitrogen and oxygen atoms in total. The summed E-state index contributed by atoms with van der Waals surface area (Å²) in [7, 11) is 0. The Bertz CT molecular complexity index is 820. The minimum Gasteiger partial charge on any atom is -0.392 e. The largest absolute Gasteiger partial charge is 0.392 e. The Labute approximate surface area is 121 Å². The molecule has 4 N–H and O–H groups in total. The lowest BCUT2D eigenvalue weighted by atomic mass is 10.1. The number of hydrogen-bond acceptors (Lipinski definition) is 3. The van der Waals surface area contributed by atoms with Crippen LogP contribution in [0.5, 0.6) is 0 Å². The Morgan fingerprint density at radius 1 is 1.14 bits per heavy atom. The first kappa shape index (κ1) is 13.5. The molecular weight excluding hydrogens is 266 g/mol. The van der Waals surface area contributed by atoms with Gasteiger partial charge in [-0.05, 0) is 42.3 Å². The standard InChI is InChI=1S/C16H17N3O2/c1-10(17-13-4-2-3-11(7-13)9-20)12-5-6-14-15(8-12)19-16(21)18-14/h2-8,10,17,20H,9H2,1H3,(H2,18,19,21). The van der Waals surface area contributed by atoms with Crippen molar-refractivity contribution in [3.8, 4) is 0 Å². The van der Waals surface area contributed by atoms with E-state index in [2.05, 4.69) is 22.2 Å². The molecule has 0 saturated carbocycles. The number of benzene rings is 2. The molecule has 5 heteroatoms. The predicted molar refractivity (Wildman–Crippen MR) is 83.3 cm³/mol. The van der Waals surface area contributed by atoms with Crippen LogP contribution in [0.25, 0.3) is 11.0 Å². The van der Waals surface area contributed by atoms with Crippen LogP contribution in [0.2, 0.25) is 0 Å². The topological polar surface area (TPSA) is 80.9 Å². The van der Waals surface area contributed by atoms with E-state index in [-0.39, 0.29) is 18.3 Å². The molecule has 0 spiro atoms. The summed E-state index contributed by atoms with van der Waals surface area (Å²) < 4.78 is 0. The van der Waals surface area contributed by atoms with E-state index in [9.17, 15) is 4.79 Å². The molecule has 0 aliphatic carbocycles. The summed E-state index contributed by atoms with van der Waals surface area (Å²) in [6, 6.07) is 13.6. The van der Waals surface area contributed by atoms with Crippen molar-refractivity contribution >= 4 is 16.7 Å². The maximum absolute atomic E-state index is 11.3. The molecule has 0 aliphatic heterocycles. The van der Waals surface area contributed by atoms with E-state index in [1.165, 1.54) is 0 Å². The van der Waals surface area contributed by atoms with E-state index in [0.29, 0.717) is 0 Å². The first-order valence-corrected chi connectivity index (χ1v) is 6.84. The highest BCUT2D eigenvalue weighted by atomic mass is 16.3. The predicted octanol–water partition coefficient (Wildman–Crippen LogP) is 2.52. The van der Waals surface area contributed by atoms with Crippen molar-refractivity contribution in [3.63, 3.8) is 0 Å². The van der Waals surface area contributed by atoms with Crippen molar-refractivity contribution < 1.29 is 5.11 Å². The van der Waals surface area contributed by atoms with E-state index in [0.717, 1.165) is 27.8 Å². The SMILES string of the molecule is CC(Nc1cccc(CO)c1)c1ccc2[nH]c(=O)[nH]c2c1. The van der Waals surface area contributed by atoms with Crippen molar-refractivity contribution in [2.75, 3.05) is 5.32 Å². The Morgan fingerprint density at radius 3 is 2.76 bits per heavy atom. The van der Waals surface area contributed by atoms with E-state index >= 15 is 0 Å². The molecule has 0 bridgehead atoms. The second kappa shape index (κ2) is 5.46. The molecule has 0 radical (unpaired) electrons. The van der Waals surface area contributed by atoms with Gasteiger partial charge in [0.15, 0.2) is 0 Å². The average molecular weight is 283 g/mol. The van der Waals surface area contributed by atoms with Gasteiger partial charge in [0, 0.05) is 11.7 Å². The maximum Gasteiger partial charge on any atom is 0.323 e. The number of fused-ring (bicyclic) bond motifs is 1. The number of aromatic amines is 2. The number of aromatic nitrogens is 2. The van der Waals surface area contributed by atoms with Gasteiger partial charge in [-0.15, -0.1) is 0 Å². The molecule has 1 heterocycles. The summed E-state index contributed by atoms with van der Waals surface area (Å²) >= 11 is 0. The number of nitrogens with one attached hydrogen (secondary N) is 3. The molecule has 0 aliphatic rings. The summed E-state index contributed by atoms with van der Waals surface area (Å²) in [4.78, 5) is 16.8. The van der Waals surface area contributed by atoms with Gasteiger partial charge in [0.1, 0.15) is 0 Å². The quantitative estimate of drug-likeness (QED) is 0.594. The lowest BCUT2D eigenvalue weighted by molar-refractivity contribution is 0.282. The molecule has 21 heavy (non-hydrogen) atoms. The van der Waals surface area contributed by atoms with Crippen molar-refractivity contribution in [1.29, 1.82) is 0 Å². The zero-order valence-corrected chi connectivity index (χ0v) is 11.7. The highest BCUT2D eigenvalue weighted by Crippen LogP contribution is 2.22. The normalized spacial score (nSPS) is 12.5. The Morgan fingerprint density at radius 2 is 1.95 bits per heavy atom. The van der Waals surface area contributed by atoms with Gasteiger partial charge in [-0.2, -0.15) is 0 Å². The van der Waals surface area contributed by atoms with Gasteiger partial charge in [0.25, 0.3) is 0 Å². The van der Waals surface area contributed by atoms with Crippen molar-refractivity contribution in [2.24, 2.45) is 0 Å². The van der Waals surface area contributed by atoms with Crippen LogP contribution in [0.4, 0.5) is 5.69 Å². The van der Waals surface area contributed by atoms with E-state index in [4.69, 9.17) is 5.11 Å². The minimum atomic E-state index is -0.196. The summed E-state index contributed by atoms with van der Waals surface area (Å²) in [5.41, 5.74) is 4.31. The zero-order valence-electron chi connectivity index (χ0n) is 11.7. The Balaban J connectivity index is 1.85.